The summed E-state index contributed by atoms with van der Waals surface area (Å²) in [6.07, 6.45) is -2.21. The molecular formula is C25H29ClF3N7O3. The van der Waals surface area contributed by atoms with Gasteiger partial charge in [-0.25, -0.2) is 4.98 Å². The van der Waals surface area contributed by atoms with Crippen molar-refractivity contribution in [2.75, 3.05) is 19.5 Å². The van der Waals surface area contributed by atoms with E-state index in [0.29, 0.717) is 42.8 Å². The van der Waals surface area contributed by atoms with Crippen molar-refractivity contribution in [3.8, 4) is 0 Å². The maximum absolute atomic E-state index is 14.2. The topological polar surface area (TPSA) is 128 Å². The number of carbonyl (C=O) groups is 2. The van der Waals surface area contributed by atoms with Crippen LogP contribution in [0, 0.1) is 11.8 Å². The van der Waals surface area contributed by atoms with E-state index in [0.717, 1.165) is 11.9 Å². The number of anilines is 2. The Balaban J connectivity index is 1.56. The molecule has 2 amide bonds. The Morgan fingerprint density at radius 1 is 1.18 bits per heavy atom. The summed E-state index contributed by atoms with van der Waals surface area (Å²) in [4.78, 5) is 33.5. The number of carbonyl (C=O) groups excluding carboxylic acids is 2. The molecule has 0 aliphatic heterocycles. The second-order valence-corrected chi connectivity index (χ2v) is 9.96. The molecule has 0 unspecified atom stereocenters. The zero-order chi connectivity index (χ0) is 28.5. The molecule has 3 aromatic rings. The molecule has 0 saturated heterocycles. The third kappa shape index (κ3) is 6.09. The van der Waals surface area contributed by atoms with Gasteiger partial charge in [-0.3, -0.25) is 9.59 Å². The molecule has 2 aromatic heterocycles. The normalized spacial score (nSPS) is 19.5. The quantitative estimate of drug-likeness (QED) is 0.408. The van der Waals surface area contributed by atoms with Gasteiger partial charge in [-0.05, 0) is 61.9 Å². The van der Waals surface area contributed by atoms with Crippen molar-refractivity contribution < 1.29 is 27.5 Å². The summed E-state index contributed by atoms with van der Waals surface area (Å²) in [5, 5.41) is 7.28. The smallest absolute Gasteiger partial charge is 0.375 e. The fourth-order valence-corrected chi connectivity index (χ4v) is 5.15. The number of hydrogen-bond acceptors (Lipinski definition) is 7. The van der Waals surface area contributed by atoms with E-state index < -0.39 is 36.1 Å². The van der Waals surface area contributed by atoms with Gasteiger partial charge in [0.2, 0.25) is 17.1 Å². The third-order valence-electron chi connectivity index (χ3n) is 7.15. The summed E-state index contributed by atoms with van der Waals surface area (Å²) in [7, 11) is 2.68. The Bertz CT molecular complexity index is 1340. The SMILES string of the molecule is CO[C@@H](C)c1c(Nc2ccc([C@H](N(C)C(=O)C3CCC(C(N)=O)CC3)C(F)(F)F)cc2)cnc2nc(Cl)nn12. The van der Waals surface area contributed by atoms with Crippen LogP contribution in [0.2, 0.25) is 5.28 Å². The van der Waals surface area contributed by atoms with Gasteiger partial charge in [-0.15, -0.1) is 5.10 Å². The van der Waals surface area contributed by atoms with Crippen LogP contribution in [0.25, 0.3) is 5.78 Å². The lowest BCUT2D eigenvalue weighted by Gasteiger charge is -2.35. The monoisotopic (exact) mass is 567 g/mol. The van der Waals surface area contributed by atoms with Crippen molar-refractivity contribution in [1.29, 1.82) is 0 Å². The Kier molecular flexibility index (Phi) is 8.31. The van der Waals surface area contributed by atoms with E-state index in [1.54, 1.807) is 6.92 Å². The van der Waals surface area contributed by atoms with E-state index in [2.05, 4.69) is 20.4 Å². The van der Waals surface area contributed by atoms with Crippen LogP contribution in [0.15, 0.2) is 30.5 Å². The lowest BCUT2D eigenvalue weighted by atomic mass is 9.81. The van der Waals surface area contributed by atoms with Crippen LogP contribution in [0.3, 0.4) is 0 Å². The van der Waals surface area contributed by atoms with Gasteiger partial charge < -0.3 is 20.7 Å². The van der Waals surface area contributed by atoms with Crippen LogP contribution >= 0.6 is 11.6 Å². The predicted molar refractivity (Wildman–Crippen MR) is 137 cm³/mol. The highest BCUT2D eigenvalue weighted by atomic mass is 35.5. The van der Waals surface area contributed by atoms with Gasteiger partial charge in [0.05, 0.1) is 23.7 Å². The maximum Gasteiger partial charge on any atom is 0.413 e. The number of rotatable bonds is 8. The first-order chi connectivity index (χ1) is 18.4. The van der Waals surface area contributed by atoms with Crippen LogP contribution in [0.4, 0.5) is 24.5 Å². The number of nitrogens with two attached hydrogens (primary N) is 1. The standard InChI is InChI=1S/C25H29ClF3N7O3/c1-13(39-3)19-18(12-31-24-33-23(26)34-36(19)24)32-17-10-8-14(9-11-17)20(25(27,28)29)35(2)22(38)16-6-4-15(5-7-16)21(30)37/h8-13,15-16,20,32H,4-7H2,1-3H3,(H2,30,37)/t13-,15?,16?,20-/m0/s1. The van der Waals surface area contributed by atoms with Gasteiger partial charge in [0.25, 0.3) is 5.78 Å². The van der Waals surface area contributed by atoms with Crippen molar-refractivity contribution in [3.05, 3.63) is 47.0 Å². The van der Waals surface area contributed by atoms with Crippen LogP contribution in [0.5, 0.6) is 0 Å². The minimum absolute atomic E-state index is 0.00586. The zero-order valence-corrected chi connectivity index (χ0v) is 22.3. The molecule has 0 spiro atoms. The van der Waals surface area contributed by atoms with Crippen molar-refractivity contribution in [2.45, 2.75) is 50.9 Å². The lowest BCUT2D eigenvalue weighted by Crippen LogP contribution is -2.43. The van der Waals surface area contributed by atoms with Crippen LogP contribution < -0.4 is 11.1 Å². The van der Waals surface area contributed by atoms with Crippen molar-refractivity contribution in [3.63, 3.8) is 0 Å². The fourth-order valence-electron chi connectivity index (χ4n) is 5.00. The number of halogens is 4. The number of fused-ring (bicyclic) bond motifs is 1. The molecule has 1 saturated carbocycles. The van der Waals surface area contributed by atoms with Gasteiger partial charge in [-0.2, -0.15) is 22.7 Å². The number of hydrogen-bond donors (Lipinski definition) is 2. The maximum atomic E-state index is 14.2. The van der Waals surface area contributed by atoms with Gasteiger partial charge in [0.1, 0.15) is 0 Å². The summed E-state index contributed by atoms with van der Waals surface area (Å²) in [5.41, 5.74) is 6.79. The minimum atomic E-state index is -4.70. The minimum Gasteiger partial charge on any atom is -0.375 e. The Morgan fingerprint density at radius 2 is 1.79 bits per heavy atom. The van der Waals surface area contributed by atoms with E-state index in [-0.39, 0.29) is 22.5 Å². The first-order valence-electron chi connectivity index (χ1n) is 12.3. The Labute approximate surface area is 227 Å². The second-order valence-electron chi connectivity index (χ2n) is 9.62. The molecule has 1 aliphatic rings. The van der Waals surface area contributed by atoms with Crippen molar-refractivity contribution >= 4 is 40.6 Å². The van der Waals surface area contributed by atoms with Crippen LogP contribution in [-0.2, 0) is 14.3 Å². The number of alkyl halides is 3. The molecule has 10 nitrogen and oxygen atoms in total. The molecule has 210 valence electrons. The number of primary amides is 1. The first-order valence-corrected chi connectivity index (χ1v) is 12.7. The largest absolute Gasteiger partial charge is 0.413 e. The highest BCUT2D eigenvalue weighted by molar-refractivity contribution is 6.28. The van der Waals surface area contributed by atoms with Gasteiger partial charge in [0, 0.05) is 31.7 Å². The van der Waals surface area contributed by atoms with E-state index in [9.17, 15) is 22.8 Å². The number of ether oxygens (including phenoxy) is 1. The summed E-state index contributed by atoms with van der Waals surface area (Å²) < 4.78 is 49.5. The molecule has 4 rings (SSSR count). The zero-order valence-electron chi connectivity index (χ0n) is 21.6. The third-order valence-corrected chi connectivity index (χ3v) is 7.31. The van der Waals surface area contributed by atoms with Crippen LogP contribution in [0.1, 0.15) is 56.0 Å². The summed E-state index contributed by atoms with van der Waals surface area (Å²) >= 11 is 5.93. The van der Waals surface area contributed by atoms with Crippen LogP contribution in [-0.4, -0.2) is 56.6 Å². The number of amides is 2. The van der Waals surface area contributed by atoms with Gasteiger partial charge >= 0.3 is 6.18 Å². The van der Waals surface area contributed by atoms with E-state index in [1.807, 2.05) is 0 Å². The molecule has 1 aromatic carbocycles. The fraction of sp³-hybridized carbons (Fsp3) is 0.480. The predicted octanol–water partition coefficient (Wildman–Crippen LogP) is 4.58. The highest BCUT2D eigenvalue weighted by Crippen LogP contribution is 2.40. The van der Waals surface area contributed by atoms with E-state index in [1.165, 1.54) is 42.1 Å². The second kappa shape index (κ2) is 11.3. The molecule has 1 aliphatic carbocycles. The Morgan fingerprint density at radius 3 is 2.36 bits per heavy atom. The van der Waals surface area contributed by atoms with E-state index >= 15 is 0 Å². The molecule has 1 fully saturated rings. The average molecular weight is 568 g/mol. The lowest BCUT2D eigenvalue weighted by molar-refractivity contribution is -0.191. The molecule has 39 heavy (non-hydrogen) atoms. The van der Waals surface area contributed by atoms with Crippen molar-refractivity contribution in [1.82, 2.24) is 24.5 Å². The highest BCUT2D eigenvalue weighted by Gasteiger charge is 2.46. The summed E-state index contributed by atoms with van der Waals surface area (Å²) in [5.74, 6) is -1.72. The summed E-state index contributed by atoms with van der Waals surface area (Å²) in [6.45, 7) is 1.79. The van der Waals surface area contributed by atoms with Crippen molar-refractivity contribution in [2.24, 2.45) is 17.6 Å². The number of benzene rings is 1. The van der Waals surface area contributed by atoms with Gasteiger partial charge in [-0.1, -0.05) is 12.1 Å². The number of nitrogens with zero attached hydrogens (tertiary/aromatic N) is 5. The molecule has 0 bridgehead atoms. The molecule has 2 heterocycles. The number of methoxy groups -OCH3 is 1. The number of nitrogens with one attached hydrogen (secondary N) is 1. The molecule has 3 N–H and O–H groups in total. The van der Waals surface area contributed by atoms with E-state index in [4.69, 9.17) is 22.1 Å². The molecule has 0 radical (unpaired) electrons. The first kappa shape index (κ1) is 28.6. The van der Waals surface area contributed by atoms with Gasteiger partial charge in [0.15, 0.2) is 6.04 Å². The average Bonchev–Trinajstić information content (AvgIpc) is 3.28. The molecule has 14 heteroatoms. The number of aromatic nitrogens is 4. The Hall–Kier alpha value is -3.45. The molecular weight excluding hydrogens is 539 g/mol. The summed E-state index contributed by atoms with van der Waals surface area (Å²) in [6, 6.07) is 3.50. The molecule has 2 atom stereocenters.